The third-order valence-electron chi connectivity index (χ3n) is 4.38. The van der Waals surface area contributed by atoms with Crippen molar-refractivity contribution in [1.82, 2.24) is 0 Å². The van der Waals surface area contributed by atoms with Gasteiger partial charge >= 0.3 is 0 Å². The third-order valence-corrected chi connectivity index (χ3v) is 6.53. The second-order valence-corrected chi connectivity index (χ2v) is 8.44. The van der Waals surface area contributed by atoms with Crippen molar-refractivity contribution in [1.29, 1.82) is 0 Å². The van der Waals surface area contributed by atoms with Gasteiger partial charge in [0.25, 0.3) is 10.0 Å². The smallest absolute Gasteiger partial charge is 0.264 e. The van der Waals surface area contributed by atoms with Crippen molar-refractivity contribution in [3.05, 3.63) is 89.2 Å². The van der Waals surface area contributed by atoms with Crippen LogP contribution in [0.5, 0.6) is 5.75 Å². The lowest BCUT2D eigenvalue weighted by molar-refractivity contribution is 0.415. The van der Waals surface area contributed by atoms with E-state index in [1.54, 1.807) is 55.5 Å². The van der Waals surface area contributed by atoms with Gasteiger partial charge in [-0.3, -0.25) is 4.31 Å². The van der Waals surface area contributed by atoms with Crippen molar-refractivity contribution < 1.29 is 17.5 Å². The van der Waals surface area contributed by atoms with Crippen LogP contribution >= 0.6 is 11.6 Å². The number of ether oxygens (including phenoxy) is 1. The van der Waals surface area contributed by atoms with Crippen LogP contribution in [0.15, 0.2) is 77.7 Å². The van der Waals surface area contributed by atoms with E-state index in [4.69, 9.17) is 16.3 Å². The number of benzene rings is 3. The molecule has 0 bridgehead atoms. The van der Waals surface area contributed by atoms with Gasteiger partial charge in [-0.25, -0.2) is 12.8 Å². The number of hydrogen-bond donors (Lipinski definition) is 0. The second kappa shape index (κ2) is 8.20. The third kappa shape index (κ3) is 4.13. The topological polar surface area (TPSA) is 46.6 Å². The average Bonchev–Trinajstić information content (AvgIpc) is 2.69. The van der Waals surface area contributed by atoms with E-state index in [0.717, 1.165) is 11.6 Å². The Labute approximate surface area is 169 Å². The largest absolute Gasteiger partial charge is 0.497 e. The number of halogens is 2. The maximum atomic E-state index is 13.7. The zero-order chi connectivity index (χ0) is 20.3. The molecule has 0 N–H and O–H groups in total. The highest BCUT2D eigenvalue weighted by Crippen LogP contribution is 2.34. The molecular formula is C21H19ClFNO3S. The van der Waals surface area contributed by atoms with Crippen LogP contribution in [-0.4, -0.2) is 15.5 Å². The van der Waals surface area contributed by atoms with Gasteiger partial charge < -0.3 is 4.74 Å². The summed E-state index contributed by atoms with van der Waals surface area (Å²) in [6.45, 7) is 1.77. The summed E-state index contributed by atoms with van der Waals surface area (Å²) < 4.78 is 47.0. The van der Waals surface area contributed by atoms with Gasteiger partial charge in [0.15, 0.2) is 0 Å². The molecule has 0 radical (unpaired) electrons. The van der Waals surface area contributed by atoms with E-state index in [9.17, 15) is 12.8 Å². The molecule has 0 aliphatic heterocycles. The lowest BCUT2D eigenvalue weighted by atomic mass is 10.1. The number of anilines is 1. The number of rotatable bonds is 6. The Morgan fingerprint density at radius 2 is 1.64 bits per heavy atom. The van der Waals surface area contributed by atoms with Crippen molar-refractivity contribution in [2.75, 3.05) is 11.4 Å². The van der Waals surface area contributed by atoms with E-state index < -0.39 is 21.9 Å². The summed E-state index contributed by atoms with van der Waals surface area (Å²) in [5.41, 5.74) is 1.19. The summed E-state index contributed by atoms with van der Waals surface area (Å²) in [6, 6.07) is 18.0. The minimum Gasteiger partial charge on any atom is -0.497 e. The Kier molecular flexibility index (Phi) is 5.91. The molecule has 0 fully saturated rings. The van der Waals surface area contributed by atoms with Crippen molar-refractivity contribution in [3.8, 4) is 5.75 Å². The van der Waals surface area contributed by atoms with Gasteiger partial charge in [-0.1, -0.05) is 29.8 Å². The van der Waals surface area contributed by atoms with E-state index >= 15 is 0 Å². The number of nitrogens with zero attached hydrogens (tertiary/aromatic N) is 1. The fourth-order valence-electron chi connectivity index (χ4n) is 2.92. The molecule has 3 aromatic rings. The highest BCUT2D eigenvalue weighted by atomic mass is 35.5. The Morgan fingerprint density at radius 3 is 2.21 bits per heavy atom. The Bertz CT molecular complexity index is 1050. The molecule has 0 aliphatic rings. The van der Waals surface area contributed by atoms with Crippen LogP contribution in [0.2, 0.25) is 5.02 Å². The summed E-state index contributed by atoms with van der Waals surface area (Å²) >= 11 is 5.96. The monoisotopic (exact) mass is 419 g/mol. The van der Waals surface area contributed by atoms with Gasteiger partial charge in [-0.2, -0.15) is 0 Å². The first-order valence-corrected chi connectivity index (χ1v) is 10.3. The molecule has 0 unspecified atom stereocenters. The second-order valence-electron chi connectivity index (χ2n) is 6.18. The van der Waals surface area contributed by atoms with Crippen LogP contribution in [-0.2, 0) is 10.0 Å². The molecule has 4 nitrogen and oxygen atoms in total. The number of hydrogen-bond acceptors (Lipinski definition) is 3. The summed E-state index contributed by atoms with van der Waals surface area (Å²) in [7, 11) is -2.50. The van der Waals surface area contributed by atoms with Gasteiger partial charge in [-0.15, -0.1) is 0 Å². The normalized spacial score (nSPS) is 12.4. The maximum absolute atomic E-state index is 13.7. The molecule has 146 valence electrons. The standard InChI is InChI=1S/C21H19ClFNO3S/c1-15(16-6-8-17(22)9-7-16)24(19-10-12-20(27-2)13-11-19)28(25,26)21-5-3-4-18(23)14-21/h3-15H,1-2H3/t15-/m1/s1. The molecule has 0 amide bonds. The van der Waals surface area contributed by atoms with E-state index in [-0.39, 0.29) is 4.90 Å². The fraction of sp³-hybridized carbons (Fsp3) is 0.143. The molecule has 7 heteroatoms. The van der Waals surface area contributed by atoms with Crippen LogP contribution in [0.1, 0.15) is 18.5 Å². The maximum Gasteiger partial charge on any atom is 0.264 e. The summed E-state index contributed by atoms with van der Waals surface area (Å²) in [4.78, 5) is -0.121. The average molecular weight is 420 g/mol. The molecule has 0 heterocycles. The molecule has 0 aliphatic carbocycles. The highest BCUT2D eigenvalue weighted by molar-refractivity contribution is 7.92. The first kappa shape index (κ1) is 20.2. The van der Waals surface area contributed by atoms with Gasteiger partial charge in [0.05, 0.1) is 23.7 Å². The van der Waals surface area contributed by atoms with E-state index in [1.165, 1.54) is 29.6 Å². The Morgan fingerprint density at radius 1 is 1.00 bits per heavy atom. The lowest BCUT2D eigenvalue weighted by Crippen LogP contribution is -2.33. The molecule has 0 saturated heterocycles. The molecule has 3 aromatic carbocycles. The summed E-state index contributed by atoms with van der Waals surface area (Å²) in [5.74, 6) is -0.0131. The molecule has 0 saturated carbocycles. The van der Waals surface area contributed by atoms with Crippen LogP contribution in [0.4, 0.5) is 10.1 Å². The zero-order valence-electron chi connectivity index (χ0n) is 15.3. The van der Waals surface area contributed by atoms with E-state index in [2.05, 4.69) is 0 Å². The Hall–Kier alpha value is -2.57. The molecule has 1 atom stereocenters. The molecule has 0 spiro atoms. The van der Waals surface area contributed by atoms with Crippen molar-refractivity contribution >= 4 is 27.3 Å². The Balaban J connectivity index is 2.14. The SMILES string of the molecule is COc1ccc(N([C@H](C)c2ccc(Cl)cc2)S(=O)(=O)c2cccc(F)c2)cc1. The molecule has 28 heavy (non-hydrogen) atoms. The minimum atomic E-state index is -4.03. The van der Waals surface area contributed by atoms with Crippen LogP contribution in [0.3, 0.4) is 0 Å². The predicted octanol–water partition coefficient (Wildman–Crippen LogP) is 5.44. The molecule has 3 rings (SSSR count). The van der Waals surface area contributed by atoms with Crippen LogP contribution in [0.25, 0.3) is 0 Å². The molecular weight excluding hydrogens is 401 g/mol. The van der Waals surface area contributed by atoms with Crippen LogP contribution < -0.4 is 9.04 Å². The lowest BCUT2D eigenvalue weighted by Gasteiger charge is -2.31. The fourth-order valence-corrected chi connectivity index (χ4v) is 4.72. The number of sulfonamides is 1. The predicted molar refractivity (Wildman–Crippen MR) is 109 cm³/mol. The van der Waals surface area contributed by atoms with Crippen molar-refractivity contribution in [2.45, 2.75) is 17.9 Å². The minimum absolute atomic E-state index is 0.121. The van der Waals surface area contributed by atoms with Crippen molar-refractivity contribution in [3.63, 3.8) is 0 Å². The van der Waals surface area contributed by atoms with E-state index in [1.807, 2.05) is 0 Å². The quantitative estimate of drug-likeness (QED) is 0.534. The first-order valence-electron chi connectivity index (χ1n) is 8.52. The van der Waals surface area contributed by atoms with Gasteiger partial charge in [0.2, 0.25) is 0 Å². The van der Waals surface area contributed by atoms with Gasteiger partial charge in [0.1, 0.15) is 11.6 Å². The van der Waals surface area contributed by atoms with Crippen LogP contribution in [0, 0.1) is 5.82 Å². The van der Waals surface area contributed by atoms with Crippen molar-refractivity contribution in [2.24, 2.45) is 0 Å². The van der Waals surface area contributed by atoms with Gasteiger partial charge in [-0.05, 0) is 67.1 Å². The number of methoxy groups -OCH3 is 1. The van der Waals surface area contributed by atoms with Gasteiger partial charge in [0, 0.05) is 5.02 Å². The summed E-state index contributed by atoms with van der Waals surface area (Å²) in [6.07, 6.45) is 0. The summed E-state index contributed by atoms with van der Waals surface area (Å²) in [5, 5.41) is 0.555. The first-order chi connectivity index (χ1) is 13.3. The molecule has 0 aromatic heterocycles. The van der Waals surface area contributed by atoms with E-state index in [0.29, 0.717) is 16.5 Å². The highest BCUT2D eigenvalue weighted by Gasteiger charge is 2.30. The zero-order valence-corrected chi connectivity index (χ0v) is 16.9.